The molecule has 10 nitrogen and oxygen atoms in total. The molecule has 1 unspecified atom stereocenters. The molecule has 0 spiro atoms. The van der Waals surface area contributed by atoms with Crippen molar-refractivity contribution in [1.82, 2.24) is 15.5 Å². The van der Waals surface area contributed by atoms with Crippen molar-refractivity contribution in [3.63, 3.8) is 0 Å². The summed E-state index contributed by atoms with van der Waals surface area (Å²) < 4.78 is 4.62. The van der Waals surface area contributed by atoms with Crippen molar-refractivity contribution in [2.75, 3.05) is 20.3 Å². The van der Waals surface area contributed by atoms with E-state index in [0.29, 0.717) is 29.8 Å². The highest BCUT2D eigenvalue weighted by molar-refractivity contribution is 6.30. The second-order valence-electron chi connectivity index (χ2n) is 11.0. The molecule has 4 N–H and O–H groups in total. The molecule has 1 aromatic carbocycles. The Morgan fingerprint density at radius 3 is 2.23 bits per heavy atom. The van der Waals surface area contributed by atoms with E-state index in [4.69, 9.17) is 11.6 Å². The summed E-state index contributed by atoms with van der Waals surface area (Å²) in [5.74, 6) is -1.48. The van der Waals surface area contributed by atoms with E-state index in [9.17, 15) is 29.4 Å². The van der Waals surface area contributed by atoms with Crippen LogP contribution in [0.2, 0.25) is 5.02 Å². The van der Waals surface area contributed by atoms with Gasteiger partial charge in [0.2, 0.25) is 17.7 Å². The number of hydrogen-bond acceptors (Lipinski definition) is 7. The number of nitrogens with one attached hydrogen (secondary N) is 2. The van der Waals surface area contributed by atoms with Gasteiger partial charge in [-0.1, -0.05) is 57.3 Å². The van der Waals surface area contributed by atoms with Gasteiger partial charge in [0.1, 0.15) is 12.1 Å². The second kappa shape index (κ2) is 15.2. The summed E-state index contributed by atoms with van der Waals surface area (Å²) in [6.07, 6.45) is 2.58. The molecule has 39 heavy (non-hydrogen) atoms. The van der Waals surface area contributed by atoms with E-state index in [1.165, 1.54) is 12.0 Å². The Bertz CT molecular complexity index is 980. The summed E-state index contributed by atoms with van der Waals surface area (Å²) in [6, 6.07) is 4.12. The van der Waals surface area contributed by atoms with E-state index in [1.807, 2.05) is 20.8 Å². The lowest BCUT2D eigenvalue weighted by Crippen LogP contribution is -2.58. The first-order chi connectivity index (χ1) is 18.4. The molecule has 0 bridgehead atoms. The number of carbonyl (C=O) groups is 4. The van der Waals surface area contributed by atoms with Crippen LogP contribution < -0.4 is 10.6 Å². The van der Waals surface area contributed by atoms with Crippen LogP contribution in [0.4, 0.5) is 0 Å². The number of nitrogens with zero attached hydrogens (tertiary/aromatic N) is 1. The SMILES string of the molecule is COC(=O)CCCCCCC(=O)NC(C(=O)N1C[C@H](O)C[C@H]1C(=O)N[C@@H](CO)c1ccc(Cl)cc1)C(C)(C)C. The lowest BCUT2D eigenvalue weighted by Gasteiger charge is -2.35. The molecule has 1 fully saturated rings. The van der Waals surface area contributed by atoms with E-state index in [1.54, 1.807) is 24.3 Å². The zero-order valence-corrected chi connectivity index (χ0v) is 24.0. The van der Waals surface area contributed by atoms with Gasteiger partial charge in [0, 0.05) is 30.8 Å². The highest BCUT2D eigenvalue weighted by atomic mass is 35.5. The number of amides is 3. The third-order valence-electron chi connectivity index (χ3n) is 6.82. The Kier molecular flexibility index (Phi) is 12.7. The standard InChI is InChI=1S/C28H42ClN3O7/c1-28(2,3)25(31-23(35)9-7-5-6-8-10-24(36)39-4)27(38)32-16-20(34)15-22(32)26(37)30-21(17-33)18-11-13-19(29)14-12-18/h11-14,20-22,25,33-34H,5-10,15-17H2,1-4H3,(H,30,37)(H,31,35)/t20-,21+,22+,25?/m1/s1. The van der Waals surface area contributed by atoms with Crippen LogP contribution in [0.3, 0.4) is 0 Å². The number of unbranched alkanes of at least 4 members (excludes halogenated alkanes) is 3. The van der Waals surface area contributed by atoms with E-state index in [2.05, 4.69) is 15.4 Å². The van der Waals surface area contributed by atoms with Crippen molar-refractivity contribution in [2.45, 2.75) is 89.9 Å². The number of hydrogen-bond donors (Lipinski definition) is 4. The van der Waals surface area contributed by atoms with E-state index in [-0.39, 0.29) is 37.9 Å². The Hall–Kier alpha value is -2.69. The van der Waals surface area contributed by atoms with Crippen LogP contribution in [0.5, 0.6) is 0 Å². The van der Waals surface area contributed by atoms with E-state index < -0.39 is 41.5 Å². The van der Waals surface area contributed by atoms with Crippen molar-refractivity contribution in [2.24, 2.45) is 5.41 Å². The number of aliphatic hydroxyl groups excluding tert-OH is 2. The van der Waals surface area contributed by atoms with Crippen LogP contribution >= 0.6 is 11.6 Å². The summed E-state index contributed by atoms with van der Waals surface area (Å²) in [5.41, 5.74) is -0.00419. The summed E-state index contributed by atoms with van der Waals surface area (Å²) in [5, 5.41) is 26.4. The van der Waals surface area contributed by atoms with Crippen molar-refractivity contribution in [3.8, 4) is 0 Å². The molecule has 1 heterocycles. The van der Waals surface area contributed by atoms with E-state index >= 15 is 0 Å². The molecule has 11 heteroatoms. The van der Waals surface area contributed by atoms with Gasteiger partial charge in [-0.3, -0.25) is 19.2 Å². The molecular formula is C28H42ClN3O7. The van der Waals surface area contributed by atoms with Gasteiger partial charge in [-0.2, -0.15) is 0 Å². The third-order valence-corrected chi connectivity index (χ3v) is 7.07. The lowest BCUT2D eigenvalue weighted by molar-refractivity contribution is -0.144. The van der Waals surface area contributed by atoms with Crippen LogP contribution in [0.25, 0.3) is 0 Å². The minimum absolute atomic E-state index is 0.0374. The number of methoxy groups -OCH3 is 1. The van der Waals surface area contributed by atoms with Crippen LogP contribution in [0.1, 0.15) is 77.3 Å². The molecular weight excluding hydrogens is 526 g/mol. The normalized spacial score (nSPS) is 18.8. The molecule has 1 aliphatic rings. The third kappa shape index (κ3) is 10.1. The molecule has 1 aliphatic heterocycles. The molecule has 2 rings (SSSR count). The number of ether oxygens (including phenoxy) is 1. The molecule has 1 saturated heterocycles. The smallest absolute Gasteiger partial charge is 0.305 e. The maximum Gasteiger partial charge on any atom is 0.305 e. The fourth-order valence-corrected chi connectivity index (χ4v) is 4.69. The fraction of sp³-hybridized carbons (Fsp3) is 0.643. The van der Waals surface area contributed by atoms with Gasteiger partial charge >= 0.3 is 5.97 Å². The predicted molar refractivity (Wildman–Crippen MR) is 147 cm³/mol. The molecule has 0 saturated carbocycles. The maximum absolute atomic E-state index is 13.7. The zero-order chi connectivity index (χ0) is 29.2. The zero-order valence-electron chi connectivity index (χ0n) is 23.2. The summed E-state index contributed by atoms with van der Waals surface area (Å²) >= 11 is 5.94. The lowest BCUT2D eigenvalue weighted by atomic mass is 9.85. The van der Waals surface area contributed by atoms with Crippen LogP contribution in [-0.2, 0) is 23.9 Å². The van der Waals surface area contributed by atoms with Crippen molar-refractivity contribution in [1.29, 1.82) is 0 Å². The summed E-state index contributed by atoms with van der Waals surface area (Å²) in [6.45, 7) is 5.08. The van der Waals surface area contributed by atoms with Gasteiger partial charge in [-0.15, -0.1) is 0 Å². The topological polar surface area (TPSA) is 145 Å². The summed E-state index contributed by atoms with van der Waals surface area (Å²) in [7, 11) is 1.35. The predicted octanol–water partition coefficient (Wildman–Crippen LogP) is 2.50. The molecule has 0 aliphatic carbocycles. The average molecular weight is 568 g/mol. The molecule has 1 aromatic rings. The van der Waals surface area contributed by atoms with Crippen molar-refractivity contribution in [3.05, 3.63) is 34.9 Å². The largest absolute Gasteiger partial charge is 0.469 e. The monoisotopic (exact) mass is 567 g/mol. The Morgan fingerprint density at radius 1 is 1.05 bits per heavy atom. The Morgan fingerprint density at radius 2 is 1.67 bits per heavy atom. The van der Waals surface area contributed by atoms with Gasteiger partial charge in [0.25, 0.3) is 0 Å². The quantitative estimate of drug-likeness (QED) is 0.212. The first-order valence-electron chi connectivity index (χ1n) is 13.4. The average Bonchev–Trinajstić information content (AvgIpc) is 3.28. The number of likely N-dealkylation sites (tertiary alicyclic amines) is 1. The number of aliphatic hydroxyl groups is 2. The van der Waals surface area contributed by atoms with Gasteiger partial charge in [-0.25, -0.2) is 0 Å². The van der Waals surface area contributed by atoms with Crippen LogP contribution in [0, 0.1) is 5.41 Å². The van der Waals surface area contributed by atoms with Crippen molar-refractivity contribution >= 4 is 35.3 Å². The highest BCUT2D eigenvalue weighted by Crippen LogP contribution is 2.27. The molecule has 0 aromatic heterocycles. The van der Waals surface area contributed by atoms with E-state index in [0.717, 1.165) is 12.8 Å². The van der Waals surface area contributed by atoms with Crippen molar-refractivity contribution < 1.29 is 34.1 Å². The highest BCUT2D eigenvalue weighted by Gasteiger charge is 2.44. The first-order valence-corrected chi connectivity index (χ1v) is 13.8. The molecule has 4 atom stereocenters. The number of β-amino-alcohol motifs (C(OH)–C–C–N with tert-alkyl or cyclic N) is 1. The molecule has 218 valence electrons. The van der Waals surface area contributed by atoms with Gasteiger partial charge < -0.3 is 30.5 Å². The summed E-state index contributed by atoms with van der Waals surface area (Å²) in [4.78, 5) is 52.1. The Labute approximate surface area is 235 Å². The second-order valence-corrected chi connectivity index (χ2v) is 11.5. The molecule has 3 amide bonds. The number of esters is 1. The van der Waals surface area contributed by atoms with Gasteiger partial charge in [0.05, 0.1) is 25.9 Å². The van der Waals surface area contributed by atoms with Crippen LogP contribution in [-0.4, -0.2) is 77.3 Å². The van der Waals surface area contributed by atoms with Crippen LogP contribution in [0.15, 0.2) is 24.3 Å². The number of halogens is 1. The minimum atomic E-state index is -0.953. The van der Waals surface area contributed by atoms with Gasteiger partial charge in [0.15, 0.2) is 0 Å². The first kappa shape index (κ1) is 32.5. The number of carbonyl (C=O) groups excluding carboxylic acids is 4. The molecule has 0 radical (unpaired) electrons. The maximum atomic E-state index is 13.7. The minimum Gasteiger partial charge on any atom is -0.469 e. The van der Waals surface area contributed by atoms with Gasteiger partial charge in [-0.05, 0) is 36.0 Å². The number of rotatable bonds is 13. The number of benzene rings is 1. The fourth-order valence-electron chi connectivity index (χ4n) is 4.56. The Balaban J connectivity index is 2.02.